The molecule has 0 saturated carbocycles. The zero-order chi connectivity index (χ0) is 12.9. The molecule has 4 nitrogen and oxygen atoms in total. The number of rotatable bonds is 4. The molecule has 0 spiro atoms. The van der Waals surface area contributed by atoms with Crippen molar-refractivity contribution < 1.29 is 9.90 Å². The largest absolute Gasteiger partial charge is 0.396 e. The molecule has 4 heteroatoms. The van der Waals surface area contributed by atoms with Crippen LogP contribution in [-0.4, -0.2) is 23.2 Å². The quantitative estimate of drug-likeness (QED) is 0.825. The van der Waals surface area contributed by atoms with Crippen molar-refractivity contribution in [2.24, 2.45) is 0 Å². The van der Waals surface area contributed by atoms with E-state index in [9.17, 15) is 4.79 Å². The van der Waals surface area contributed by atoms with Crippen molar-refractivity contribution in [3.8, 4) is 6.07 Å². The Bertz CT molecular complexity index is 430. The Labute approximate surface area is 101 Å². The van der Waals surface area contributed by atoms with Crippen LogP contribution >= 0.6 is 0 Å². The molecule has 0 bridgehead atoms. The standard InChI is InChI=1S/C13H16N2O2/c1-13(2,7-8-16)15-12(17)11-5-3-10(9-14)4-6-11/h3-6,16H,7-8H2,1-2H3,(H,15,17). The maximum atomic E-state index is 11.9. The topological polar surface area (TPSA) is 73.1 Å². The van der Waals surface area contributed by atoms with Crippen molar-refractivity contribution in [2.75, 3.05) is 6.61 Å². The number of carbonyl (C=O) groups excluding carboxylic acids is 1. The molecule has 0 aliphatic carbocycles. The highest BCUT2D eigenvalue weighted by Crippen LogP contribution is 2.10. The van der Waals surface area contributed by atoms with E-state index in [1.165, 1.54) is 0 Å². The van der Waals surface area contributed by atoms with E-state index < -0.39 is 5.54 Å². The second-order valence-electron chi connectivity index (χ2n) is 4.50. The third kappa shape index (κ3) is 3.89. The summed E-state index contributed by atoms with van der Waals surface area (Å²) >= 11 is 0. The van der Waals surface area contributed by atoms with Crippen LogP contribution in [0.1, 0.15) is 36.2 Å². The summed E-state index contributed by atoms with van der Waals surface area (Å²) < 4.78 is 0. The number of amides is 1. The first-order valence-corrected chi connectivity index (χ1v) is 5.42. The first kappa shape index (κ1) is 13.2. The van der Waals surface area contributed by atoms with Gasteiger partial charge < -0.3 is 10.4 Å². The van der Waals surface area contributed by atoms with Crippen molar-refractivity contribution in [3.63, 3.8) is 0 Å². The predicted molar refractivity (Wildman–Crippen MR) is 64.4 cm³/mol. The van der Waals surface area contributed by atoms with Gasteiger partial charge in [0.15, 0.2) is 0 Å². The molecule has 0 fully saturated rings. The molecular weight excluding hydrogens is 216 g/mol. The number of nitrogens with one attached hydrogen (secondary N) is 1. The Morgan fingerprint density at radius 3 is 2.47 bits per heavy atom. The summed E-state index contributed by atoms with van der Waals surface area (Å²) in [5, 5.41) is 20.3. The summed E-state index contributed by atoms with van der Waals surface area (Å²) in [5.74, 6) is -0.201. The van der Waals surface area contributed by atoms with E-state index in [1.807, 2.05) is 19.9 Å². The minimum Gasteiger partial charge on any atom is -0.396 e. The molecule has 90 valence electrons. The summed E-state index contributed by atoms with van der Waals surface area (Å²) in [6.07, 6.45) is 0.495. The molecular formula is C13H16N2O2. The van der Waals surface area contributed by atoms with Crippen molar-refractivity contribution in [3.05, 3.63) is 35.4 Å². The first-order chi connectivity index (χ1) is 7.98. The van der Waals surface area contributed by atoms with Crippen LogP contribution in [0.15, 0.2) is 24.3 Å². The number of nitrogens with zero attached hydrogens (tertiary/aromatic N) is 1. The molecule has 1 aromatic carbocycles. The lowest BCUT2D eigenvalue weighted by atomic mass is 10.0. The van der Waals surface area contributed by atoms with E-state index in [4.69, 9.17) is 10.4 Å². The number of benzene rings is 1. The molecule has 0 atom stereocenters. The Balaban J connectivity index is 2.73. The molecule has 17 heavy (non-hydrogen) atoms. The van der Waals surface area contributed by atoms with Gasteiger partial charge in [0.05, 0.1) is 11.6 Å². The summed E-state index contributed by atoms with van der Waals surface area (Å²) in [7, 11) is 0. The highest BCUT2D eigenvalue weighted by molar-refractivity contribution is 5.94. The third-order valence-corrected chi connectivity index (χ3v) is 2.46. The van der Waals surface area contributed by atoms with Gasteiger partial charge in [-0.2, -0.15) is 5.26 Å². The normalized spacial score (nSPS) is 10.7. The van der Waals surface area contributed by atoms with Crippen molar-refractivity contribution in [2.45, 2.75) is 25.8 Å². The highest BCUT2D eigenvalue weighted by atomic mass is 16.3. The maximum Gasteiger partial charge on any atom is 0.251 e. The number of aliphatic hydroxyl groups excluding tert-OH is 1. The number of carbonyl (C=O) groups is 1. The summed E-state index contributed by atoms with van der Waals surface area (Å²) in [5.41, 5.74) is 0.589. The van der Waals surface area contributed by atoms with Gasteiger partial charge in [-0.1, -0.05) is 0 Å². The molecule has 0 aliphatic rings. The summed E-state index contributed by atoms with van der Waals surface area (Å²) in [6.45, 7) is 3.73. The van der Waals surface area contributed by atoms with Gasteiger partial charge in [0.25, 0.3) is 5.91 Å². The lowest BCUT2D eigenvalue weighted by Gasteiger charge is -2.25. The fourth-order valence-corrected chi connectivity index (χ4v) is 1.42. The Kier molecular flexibility index (Phi) is 4.24. The smallest absolute Gasteiger partial charge is 0.251 e. The summed E-state index contributed by atoms with van der Waals surface area (Å²) in [6, 6.07) is 8.44. The van der Waals surface area contributed by atoms with Gasteiger partial charge >= 0.3 is 0 Å². The third-order valence-electron chi connectivity index (χ3n) is 2.46. The molecule has 2 N–H and O–H groups in total. The molecule has 1 amide bonds. The van der Waals surface area contributed by atoms with Crippen LogP contribution in [0.2, 0.25) is 0 Å². The van der Waals surface area contributed by atoms with Gasteiger partial charge in [-0.25, -0.2) is 0 Å². The molecule has 0 aromatic heterocycles. The second kappa shape index (κ2) is 5.46. The van der Waals surface area contributed by atoms with Gasteiger partial charge in [-0.3, -0.25) is 4.79 Å². The highest BCUT2D eigenvalue weighted by Gasteiger charge is 2.20. The minimum atomic E-state index is -0.445. The van der Waals surface area contributed by atoms with Gasteiger partial charge in [-0.05, 0) is 44.5 Å². The molecule has 0 unspecified atom stereocenters. The molecule has 0 heterocycles. The lowest BCUT2D eigenvalue weighted by Crippen LogP contribution is -2.44. The maximum absolute atomic E-state index is 11.9. The van der Waals surface area contributed by atoms with Crippen LogP contribution in [0.3, 0.4) is 0 Å². The van der Waals surface area contributed by atoms with Gasteiger partial charge in [-0.15, -0.1) is 0 Å². The monoisotopic (exact) mass is 232 g/mol. The van der Waals surface area contributed by atoms with Crippen LogP contribution < -0.4 is 5.32 Å². The predicted octanol–water partition coefficient (Wildman–Crippen LogP) is 1.45. The molecule has 1 aromatic rings. The SMILES string of the molecule is CC(C)(CCO)NC(=O)c1ccc(C#N)cc1. The van der Waals surface area contributed by atoms with Gasteiger partial charge in [0, 0.05) is 17.7 Å². The van der Waals surface area contributed by atoms with E-state index in [0.717, 1.165) is 0 Å². The van der Waals surface area contributed by atoms with Crippen LogP contribution in [0, 0.1) is 11.3 Å². The number of hydrogen-bond donors (Lipinski definition) is 2. The van der Waals surface area contributed by atoms with Crippen molar-refractivity contribution in [1.29, 1.82) is 5.26 Å². The first-order valence-electron chi connectivity index (χ1n) is 5.42. The van der Waals surface area contributed by atoms with E-state index in [-0.39, 0.29) is 12.5 Å². The zero-order valence-electron chi connectivity index (χ0n) is 10.0. The Hall–Kier alpha value is -1.86. The van der Waals surface area contributed by atoms with Crippen molar-refractivity contribution in [1.82, 2.24) is 5.32 Å². The minimum absolute atomic E-state index is 0.0284. The average Bonchev–Trinajstić information content (AvgIpc) is 2.28. The fourth-order valence-electron chi connectivity index (χ4n) is 1.42. The molecule has 0 radical (unpaired) electrons. The van der Waals surface area contributed by atoms with Crippen LogP contribution in [0.25, 0.3) is 0 Å². The van der Waals surface area contributed by atoms with Gasteiger partial charge in [0.2, 0.25) is 0 Å². The van der Waals surface area contributed by atoms with Gasteiger partial charge in [0.1, 0.15) is 0 Å². The van der Waals surface area contributed by atoms with Crippen molar-refractivity contribution >= 4 is 5.91 Å². The Morgan fingerprint density at radius 1 is 1.41 bits per heavy atom. The Morgan fingerprint density at radius 2 is 2.00 bits per heavy atom. The fraction of sp³-hybridized carbons (Fsp3) is 0.385. The lowest BCUT2D eigenvalue weighted by molar-refractivity contribution is 0.0899. The second-order valence-corrected chi connectivity index (χ2v) is 4.50. The average molecular weight is 232 g/mol. The van der Waals surface area contributed by atoms with E-state index >= 15 is 0 Å². The van der Waals surface area contributed by atoms with E-state index in [1.54, 1.807) is 24.3 Å². The molecule has 1 rings (SSSR count). The van der Waals surface area contributed by atoms with Crippen LogP contribution in [-0.2, 0) is 0 Å². The number of aliphatic hydroxyl groups is 1. The van der Waals surface area contributed by atoms with Crippen LogP contribution in [0.5, 0.6) is 0 Å². The molecule has 0 saturated heterocycles. The van der Waals surface area contributed by atoms with E-state index in [2.05, 4.69) is 5.32 Å². The number of nitriles is 1. The number of hydrogen-bond acceptors (Lipinski definition) is 3. The van der Waals surface area contributed by atoms with Crippen LogP contribution in [0.4, 0.5) is 0 Å². The summed E-state index contributed by atoms with van der Waals surface area (Å²) in [4.78, 5) is 11.9. The molecule has 0 aliphatic heterocycles. The zero-order valence-corrected chi connectivity index (χ0v) is 10.0. The van der Waals surface area contributed by atoms with E-state index in [0.29, 0.717) is 17.5 Å².